The fraction of sp³-hybridized carbons (Fsp3) is 0.333. The molecule has 0 bridgehead atoms. The molecule has 0 radical (unpaired) electrons. The Hall–Kier alpha value is -2.55. The van der Waals surface area contributed by atoms with Crippen molar-refractivity contribution in [1.29, 1.82) is 0 Å². The Kier molecular flexibility index (Phi) is 6.40. The molecule has 1 unspecified atom stereocenters. The summed E-state index contributed by atoms with van der Waals surface area (Å²) in [6, 6.07) is 10.2. The highest BCUT2D eigenvalue weighted by molar-refractivity contribution is 9.10. The first-order valence-electron chi connectivity index (χ1n) is 9.40. The summed E-state index contributed by atoms with van der Waals surface area (Å²) in [6.07, 6.45) is -3.43. The van der Waals surface area contributed by atoms with E-state index >= 15 is 0 Å². The number of aromatic nitrogens is 2. The van der Waals surface area contributed by atoms with Crippen molar-refractivity contribution in [3.63, 3.8) is 0 Å². The Bertz CT molecular complexity index is 1130. The van der Waals surface area contributed by atoms with E-state index in [0.29, 0.717) is 33.9 Å². The van der Waals surface area contributed by atoms with E-state index in [-0.39, 0.29) is 13.1 Å². The van der Waals surface area contributed by atoms with Crippen LogP contribution in [0.1, 0.15) is 30.9 Å². The molecule has 0 aliphatic carbocycles. The van der Waals surface area contributed by atoms with E-state index in [4.69, 9.17) is 0 Å². The molecular weight excluding hydrogens is 465 g/mol. The van der Waals surface area contributed by atoms with E-state index in [2.05, 4.69) is 15.9 Å². The van der Waals surface area contributed by atoms with E-state index < -0.39 is 29.3 Å². The Morgan fingerprint density at radius 1 is 1.13 bits per heavy atom. The lowest BCUT2D eigenvalue weighted by molar-refractivity contribution is -0.142. The highest BCUT2D eigenvalue weighted by Crippen LogP contribution is 2.32. The van der Waals surface area contributed by atoms with Crippen LogP contribution >= 0.6 is 15.9 Å². The molecule has 1 aromatic heterocycles. The number of carbonyl (C=O) groups is 1. The van der Waals surface area contributed by atoms with Gasteiger partial charge in [0, 0.05) is 11.0 Å². The number of carboxylic acid groups (broad SMARTS) is 1. The molecule has 0 saturated carbocycles. The second-order valence-electron chi connectivity index (χ2n) is 7.10. The number of imidazole rings is 1. The van der Waals surface area contributed by atoms with Crippen molar-refractivity contribution >= 4 is 32.9 Å². The van der Waals surface area contributed by atoms with Crippen LogP contribution in [0.15, 0.2) is 51.7 Å². The van der Waals surface area contributed by atoms with Crippen LogP contribution in [-0.2, 0) is 24.1 Å². The number of carboxylic acids is 1. The molecule has 3 rings (SSSR count). The minimum Gasteiger partial charge on any atom is -0.481 e. The number of halogens is 4. The molecule has 0 amide bonds. The van der Waals surface area contributed by atoms with Gasteiger partial charge >= 0.3 is 17.8 Å². The SMILES string of the molecule is CCCC(Cn1c(=O)n(Cc2cc(C(F)(F)F)ccc2Br)c2ccccc21)C(=O)O. The van der Waals surface area contributed by atoms with E-state index in [0.717, 1.165) is 12.1 Å². The number of alkyl halides is 3. The quantitative estimate of drug-likeness (QED) is 0.505. The highest BCUT2D eigenvalue weighted by atomic mass is 79.9. The van der Waals surface area contributed by atoms with Gasteiger partial charge in [-0.2, -0.15) is 13.2 Å². The summed E-state index contributed by atoms with van der Waals surface area (Å²) in [5, 5.41) is 9.48. The number of rotatable bonds is 7. The first kappa shape index (κ1) is 22.1. The van der Waals surface area contributed by atoms with E-state index in [1.165, 1.54) is 15.2 Å². The summed E-state index contributed by atoms with van der Waals surface area (Å²) in [7, 11) is 0. The summed E-state index contributed by atoms with van der Waals surface area (Å²) in [4.78, 5) is 24.7. The minimum absolute atomic E-state index is 0.000714. The third-order valence-corrected chi connectivity index (χ3v) is 5.79. The Labute approximate surface area is 178 Å². The molecule has 30 heavy (non-hydrogen) atoms. The maximum absolute atomic E-state index is 13.1. The summed E-state index contributed by atoms with van der Waals surface area (Å²) in [5.41, 5.74) is 0.132. The molecule has 0 aliphatic rings. The van der Waals surface area contributed by atoms with E-state index in [9.17, 15) is 27.9 Å². The van der Waals surface area contributed by atoms with Crippen molar-refractivity contribution < 1.29 is 23.1 Å². The minimum atomic E-state index is -4.50. The average molecular weight is 485 g/mol. The van der Waals surface area contributed by atoms with Gasteiger partial charge in [0.05, 0.1) is 29.1 Å². The van der Waals surface area contributed by atoms with Gasteiger partial charge < -0.3 is 5.11 Å². The van der Waals surface area contributed by atoms with Gasteiger partial charge in [0.1, 0.15) is 0 Å². The Morgan fingerprint density at radius 2 is 1.77 bits per heavy atom. The zero-order chi connectivity index (χ0) is 22.1. The van der Waals surface area contributed by atoms with Crippen LogP contribution in [-0.4, -0.2) is 20.2 Å². The number of hydrogen-bond donors (Lipinski definition) is 1. The summed E-state index contributed by atoms with van der Waals surface area (Å²) >= 11 is 3.26. The van der Waals surface area contributed by atoms with Crippen molar-refractivity contribution in [2.75, 3.05) is 0 Å². The van der Waals surface area contributed by atoms with E-state index in [1.807, 2.05) is 6.92 Å². The number of fused-ring (bicyclic) bond motifs is 1. The molecule has 0 spiro atoms. The van der Waals surface area contributed by atoms with Crippen molar-refractivity contribution in [2.45, 2.75) is 39.0 Å². The Morgan fingerprint density at radius 3 is 2.33 bits per heavy atom. The van der Waals surface area contributed by atoms with Gasteiger partial charge in [-0.3, -0.25) is 13.9 Å². The van der Waals surface area contributed by atoms with Gasteiger partial charge in [0.2, 0.25) is 0 Å². The fourth-order valence-corrected chi connectivity index (χ4v) is 3.88. The summed E-state index contributed by atoms with van der Waals surface area (Å²) in [5.74, 6) is -1.71. The maximum Gasteiger partial charge on any atom is 0.416 e. The van der Waals surface area contributed by atoms with Gasteiger partial charge in [-0.15, -0.1) is 0 Å². The number of aliphatic carboxylic acids is 1. The van der Waals surface area contributed by atoms with Gasteiger partial charge in [0.25, 0.3) is 0 Å². The normalized spacial score (nSPS) is 13.0. The van der Waals surface area contributed by atoms with Crippen molar-refractivity contribution in [2.24, 2.45) is 5.92 Å². The molecule has 1 N–H and O–H groups in total. The standard InChI is InChI=1S/C21H20BrF3N2O3/c1-2-5-13(19(28)29)11-26-17-6-3-4-7-18(17)27(20(26)30)12-14-10-15(21(23,24)25)8-9-16(14)22/h3-4,6-10,13H,2,5,11-12H2,1H3,(H,28,29). The first-order chi connectivity index (χ1) is 14.1. The van der Waals surface area contributed by atoms with Crippen molar-refractivity contribution in [3.8, 4) is 0 Å². The van der Waals surface area contributed by atoms with Crippen LogP contribution < -0.4 is 5.69 Å². The number of hydrogen-bond acceptors (Lipinski definition) is 2. The molecule has 2 aromatic carbocycles. The van der Waals surface area contributed by atoms with Gasteiger partial charge in [-0.05, 0) is 42.3 Å². The largest absolute Gasteiger partial charge is 0.481 e. The third kappa shape index (κ3) is 4.45. The smallest absolute Gasteiger partial charge is 0.416 e. The van der Waals surface area contributed by atoms with Crippen LogP contribution in [0.5, 0.6) is 0 Å². The lowest BCUT2D eigenvalue weighted by Gasteiger charge is -2.12. The van der Waals surface area contributed by atoms with Gasteiger partial charge in [-0.1, -0.05) is 41.4 Å². The second-order valence-corrected chi connectivity index (χ2v) is 7.95. The molecule has 160 valence electrons. The molecule has 0 saturated heterocycles. The van der Waals surface area contributed by atoms with Crippen LogP contribution in [0.3, 0.4) is 0 Å². The highest BCUT2D eigenvalue weighted by Gasteiger charge is 2.31. The fourth-order valence-electron chi connectivity index (χ4n) is 3.51. The molecule has 0 fully saturated rings. The molecule has 5 nitrogen and oxygen atoms in total. The third-order valence-electron chi connectivity index (χ3n) is 5.02. The van der Waals surface area contributed by atoms with Gasteiger partial charge in [-0.25, -0.2) is 4.79 Å². The van der Waals surface area contributed by atoms with Gasteiger partial charge in [0.15, 0.2) is 0 Å². The van der Waals surface area contributed by atoms with Crippen LogP contribution in [0.2, 0.25) is 0 Å². The van der Waals surface area contributed by atoms with Crippen molar-refractivity contribution in [3.05, 3.63) is 68.5 Å². The van der Waals surface area contributed by atoms with Crippen LogP contribution in [0.25, 0.3) is 11.0 Å². The lowest BCUT2D eigenvalue weighted by Crippen LogP contribution is -2.30. The number of nitrogens with zero attached hydrogens (tertiary/aromatic N) is 2. The summed E-state index contributed by atoms with van der Waals surface area (Å²) in [6.45, 7) is 1.79. The maximum atomic E-state index is 13.1. The van der Waals surface area contributed by atoms with E-state index in [1.54, 1.807) is 24.3 Å². The molecule has 1 atom stereocenters. The number of benzene rings is 2. The Balaban J connectivity index is 2.09. The topological polar surface area (TPSA) is 64.2 Å². The van der Waals surface area contributed by atoms with Crippen molar-refractivity contribution in [1.82, 2.24) is 9.13 Å². The molecule has 3 aromatic rings. The predicted octanol–water partition coefficient (Wildman–Crippen LogP) is 5.13. The zero-order valence-electron chi connectivity index (χ0n) is 16.1. The average Bonchev–Trinajstić information content (AvgIpc) is 2.94. The lowest BCUT2D eigenvalue weighted by atomic mass is 10.0. The van der Waals surface area contributed by atoms with Crippen LogP contribution in [0.4, 0.5) is 13.2 Å². The molecule has 9 heteroatoms. The number of para-hydroxylation sites is 2. The zero-order valence-corrected chi connectivity index (χ0v) is 17.7. The predicted molar refractivity (Wildman–Crippen MR) is 110 cm³/mol. The monoisotopic (exact) mass is 484 g/mol. The second kappa shape index (κ2) is 8.67. The van der Waals surface area contributed by atoms with Crippen LogP contribution in [0, 0.1) is 5.92 Å². The first-order valence-corrected chi connectivity index (χ1v) is 10.2. The summed E-state index contributed by atoms with van der Waals surface area (Å²) < 4.78 is 42.6. The molecular formula is C21H20BrF3N2O3. The molecule has 1 heterocycles. The molecule has 0 aliphatic heterocycles.